The van der Waals surface area contributed by atoms with E-state index in [0.29, 0.717) is 11.4 Å². The van der Waals surface area contributed by atoms with Crippen molar-refractivity contribution in [2.45, 2.75) is 105 Å². The molecular weight excluding hydrogens is 388 g/mol. The molecule has 0 fully saturated rings. The number of aromatic nitrogens is 2. The van der Waals surface area contributed by atoms with E-state index in [1.54, 1.807) is 14.0 Å². The van der Waals surface area contributed by atoms with E-state index in [9.17, 15) is 9.59 Å². The molecule has 0 unspecified atom stereocenters. The van der Waals surface area contributed by atoms with Crippen molar-refractivity contribution in [3.63, 3.8) is 0 Å². The van der Waals surface area contributed by atoms with Crippen LogP contribution in [-0.4, -0.2) is 15.7 Å². The van der Waals surface area contributed by atoms with Crippen molar-refractivity contribution >= 4 is 5.69 Å². The molecule has 0 spiro atoms. The molecular formula is C25H48N4O2. The maximum atomic E-state index is 12.3. The van der Waals surface area contributed by atoms with Crippen LogP contribution in [0.3, 0.4) is 0 Å². The summed E-state index contributed by atoms with van der Waals surface area (Å²) in [4.78, 5) is 24.2. The molecule has 0 atom stereocenters. The Kier molecular flexibility index (Phi) is 16.5. The van der Waals surface area contributed by atoms with Crippen molar-refractivity contribution in [3.8, 4) is 0 Å². The van der Waals surface area contributed by atoms with E-state index < -0.39 is 0 Å². The highest BCUT2D eigenvalue weighted by atomic mass is 16.2. The maximum absolute atomic E-state index is 12.3. The number of nitrogens with zero attached hydrogens (tertiary/aromatic N) is 2. The van der Waals surface area contributed by atoms with Crippen LogP contribution in [0.25, 0.3) is 0 Å². The van der Waals surface area contributed by atoms with E-state index in [1.165, 1.54) is 56.6 Å². The fraction of sp³-hybridized carbons (Fsp3) is 0.760. The van der Waals surface area contributed by atoms with Crippen LogP contribution in [0.15, 0.2) is 21.5 Å². The first-order valence-corrected chi connectivity index (χ1v) is 12.3. The van der Waals surface area contributed by atoms with Gasteiger partial charge in [-0.25, -0.2) is 4.79 Å². The van der Waals surface area contributed by atoms with Crippen LogP contribution in [0.4, 0.5) is 5.69 Å². The van der Waals surface area contributed by atoms with Gasteiger partial charge in [-0.1, -0.05) is 85.5 Å². The molecule has 1 rings (SSSR count). The zero-order valence-electron chi connectivity index (χ0n) is 21.3. The first-order valence-electron chi connectivity index (χ1n) is 12.3. The van der Waals surface area contributed by atoms with Gasteiger partial charge in [-0.3, -0.25) is 13.9 Å². The minimum absolute atomic E-state index is 0.305. The van der Waals surface area contributed by atoms with Crippen LogP contribution in [0, 0.1) is 6.92 Å². The topological polar surface area (TPSA) is 68.1 Å². The first kappa shape index (κ1) is 29.0. The Bertz CT molecular complexity index is 741. The highest BCUT2D eigenvalue weighted by Crippen LogP contribution is 2.09. The summed E-state index contributed by atoms with van der Waals surface area (Å²) < 4.78 is 2.60. The third-order valence-electron chi connectivity index (χ3n) is 5.41. The monoisotopic (exact) mass is 436 g/mol. The highest BCUT2D eigenvalue weighted by molar-refractivity contribution is 5.50. The molecule has 0 aliphatic heterocycles. The van der Waals surface area contributed by atoms with Crippen LogP contribution >= 0.6 is 0 Å². The van der Waals surface area contributed by atoms with E-state index in [1.807, 2.05) is 0 Å². The Morgan fingerprint density at radius 1 is 0.806 bits per heavy atom. The van der Waals surface area contributed by atoms with Gasteiger partial charge in [0.05, 0.1) is 5.82 Å². The molecule has 0 bridgehead atoms. The largest absolute Gasteiger partial charge is 0.372 e. The van der Waals surface area contributed by atoms with Gasteiger partial charge in [-0.15, -0.1) is 0 Å². The smallest absolute Gasteiger partial charge is 0.330 e. The Balaban J connectivity index is 0.000000842. The number of rotatable bonds is 14. The highest BCUT2D eigenvalue weighted by Gasteiger charge is 2.13. The molecule has 0 saturated heterocycles. The molecule has 31 heavy (non-hydrogen) atoms. The zero-order valence-corrected chi connectivity index (χ0v) is 21.3. The average Bonchev–Trinajstić information content (AvgIpc) is 2.77. The van der Waals surface area contributed by atoms with E-state index >= 15 is 0 Å². The molecule has 6 nitrogen and oxygen atoms in total. The van der Waals surface area contributed by atoms with Gasteiger partial charge in [-0.05, 0) is 25.8 Å². The van der Waals surface area contributed by atoms with Crippen LogP contribution in [0.1, 0.15) is 104 Å². The summed E-state index contributed by atoms with van der Waals surface area (Å²) in [5.41, 5.74) is 0.454. The molecule has 1 heterocycles. The van der Waals surface area contributed by atoms with Crippen molar-refractivity contribution in [3.05, 3.63) is 38.4 Å². The summed E-state index contributed by atoms with van der Waals surface area (Å²) in [7, 11) is 3.16. The third kappa shape index (κ3) is 11.3. The second-order valence-corrected chi connectivity index (χ2v) is 8.25. The normalized spacial score (nSPS) is 11.1. The summed E-state index contributed by atoms with van der Waals surface area (Å²) in [6, 6.07) is 0. The molecule has 0 aliphatic carbocycles. The second kappa shape index (κ2) is 17.7. The Hall–Kier alpha value is -1.98. The molecule has 0 aromatic carbocycles. The van der Waals surface area contributed by atoms with Crippen molar-refractivity contribution in [2.24, 2.45) is 14.1 Å². The SMILES string of the molecule is CCC/C=C(\NCCCC)Nc1c(C)n(C)c(=O)n(C)c1=O.CCCCCCCCC. The fourth-order valence-electron chi connectivity index (χ4n) is 3.11. The lowest BCUT2D eigenvalue weighted by Crippen LogP contribution is -2.40. The fourth-order valence-corrected chi connectivity index (χ4v) is 3.11. The molecule has 2 N–H and O–H groups in total. The Morgan fingerprint density at radius 3 is 1.87 bits per heavy atom. The van der Waals surface area contributed by atoms with Gasteiger partial charge in [0.25, 0.3) is 5.56 Å². The predicted molar refractivity (Wildman–Crippen MR) is 135 cm³/mol. The minimum Gasteiger partial charge on any atom is -0.372 e. The Labute approximate surface area is 190 Å². The van der Waals surface area contributed by atoms with Gasteiger partial charge in [0.1, 0.15) is 5.69 Å². The van der Waals surface area contributed by atoms with Crippen LogP contribution in [0.5, 0.6) is 0 Å². The van der Waals surface area contributed by atoms with Crippen molar-refractivity contribution < 1.29 is 0 Å². The first-order chi connectivity index (χ1) is 14.8. The quantitative estimate of drug-likeness (QED) is 0.373. The van der Waals surface area contributed by atoms with Gasteiger partial charge in [0.15, 0.2) is 0 Å². The standard InChI is InChI=1S/C16H28N4O2.C9H20/c1-6-8-10-13(17-11-9-7-2)18-14-12(3)19(4)16(22)20(5)15(14)21;1-3-5-7-9-8-6-4-2/h10,17-18H,6-9,11H2,1-5H3;3-9H2,1-2H3/b13-10+;. The van der Waals surface area contributed by atoms with E-state index in [0.717, 1.165) is 42.6 Å². The van der Waals surface area contributed by atoms with Gasteiger partial charge in [0, 0.05) is 26.3 Å². The van der Waals surface area contributed by atoms with Crippen molar-refractivity contribution in [1.82, 2.24) is 14.5 Å². The molecule has 180 valence electrons. The van der Waals surface area contributed by atoms with Crippen molar-refractivity contribution in [1.29, 1.82) is 0 Å². The van der Waals surface area contributed by atoms with E-state index in [-0.39, 0.29) is 11.2 Å². The van der Waals surface area contributed by atoms with Crippen LogP contribution in [0.2, 0.25) is 0 Å². The second-order valence-electron chi connectivity index (χ2n) is 8.25. The summed E-state index contributed by atoms with van der Waals surface area (Å²) in [5.74, 6) is 0.828. The summed E-state index contributed by atoms with van der Waals surface area (Å²) in [6.45, 7) is 11.4. The van der Waals surface area contributed by atoms with Gasteiger partial charge in [-0.2, -0.15) is 0 Å². The molecule has 6 heteroatoms. The number of nitrogens with one attached hydrogen (secondary N) is 2. The minimum atomic E-state index is -0.314. The number of hydrogen-bond donors (Lipinski definition) is 2. The van der Waals surface area contributed by atoms with Gasteiger partial charge < -0.3 is 10.6 Å². The van der Waals surface area contributed by atoms with E-state index in [4.69, 9.17) is 0 Å². The lowest BCUT2D eigenvalue weighted by molar-refractivity contribution is 0.602. The van der Waals surface area contributed by atoms with Crippen molar-refractivity contribution in [2.75, 3.05) is 11.9 Å². The zero-order chi connectivity index (χ0) is 23.6. The summed E-state index contributed by atoms with van der Waals surface area (Å²) in [6.07, 6.45) is 16.2. The number of unbranched alkanes of at least 4 members (excludes halogenated alkanes) is 8. The van der Waals surface area contributed by atoms with Gasteiger partial charge >= 0.3 is 5.69 Å². The molecule has 1 aromatic heterocycles. The van der Waals surface area contributed by atoms with Gasteiger partial charge in [0.2, 0.25) is 0 Å². The lowest BCUT2D eigenvalue weighted by Gasteiger charge is -2.17. The summed E-state index contributed by atoms with van der Waals surface area (Å²) >= 11 is 0. The average molecular weight is 437 g/mol. The molecule has 0 amide bonds. The molecule has 0 radical (unpaired) electrons. The third-order valence-corrected chi connectivity index (χ3v) is 5.41. The molecule has 0 saturated carbocycles. The number of anilines is 1. The maximum Gasteiger partial charge on any atom is 0.330 e. The molecule has 0 aliphatic rings. The lowest BCUT2D eigenvalue weighted by atomic mass is 10.1. The van der Waals surface area contributed by atoms with E-state index in [2.05, 4.69) is 44.4 Å². The number of allylic oxidation sites excluding steroid dienone is 1. The van der Waals surface area contributed by atoms with Crippen LogP contribution < -0.4 is 21.9 Å². The van der Waals surface area contributed by atoms with Crippen LogP contribution in [-0.2, 0) is 14.1 Å². The molecule has 1 aromatic rings. The number of hydrogen-bond acceptors (Lipinski definition) is 4. The predicted octanol–water partition coefficient (Wildman–Crippen LogP) is 5.59. The summed E-state index contributed by atoms with van der Waals surface area (Å²) in [5, 5.41) is 6.50. The Morgan fingerprint density at radius 2 is 1.35 bits per heavy atom.